The van der Waals surface area contributed by atoms with Gasteiger partial charge >= 0.3 is 0 Å². The summed E-state index contributed by atoms with van der Waals surface area (Å²) in [7, 11) is 1.54. The van der Waals surface area contributed by atoms with E-state index in [1.165, 1.54) is 11.7 Å². The van der Waals surface area contributed by atoms with Crippen molar-refractivity contribution in [3.8, 4) is 5.95 Å². The van der Waals surface area contributed by atoms with Crippen molar-refractivity contribution in [3.63, 3.8) is 0 Å². The second-order valence-electron chi connectivity index (χ2n) is 3.14. The molecule has 2 heterocycles. The summed E-state index contributed by atoms with van der Waals surface area (Å²) < 4.78 is 1.93. The Bertz CT molecular complexity index is 546. The Morgan fingerprint density at radius 2 is 2.29 bits per heavy atom. The summed E-state index contributed by atoms with van der Waals surface area (Å²) in [6.07, 6.45) is 1.59. The first-order valence-corrected chi connectivity index (χ1v) is 5.47. The molecule has 0 radical (unpaired) electrons. The molecule has 0 saturated heterocycles. The minimum Gasteiger partial charge on any atom is -0.383 e. The second-order valence-corrected chi connectivity index (χ2v) is 3.95. The van der Waals surface area contributed by atoms with Gasteiger partial charge in [-0.05, 0) is 22.0 Å². The van der Waals surface area contributed by atoms with E-state index in [1.54, 1.807) is 18.3 Å². The van der Waals surface area contributed by atoms with Crippen molar-refractivity contribution in [2.75, 3.05) is 12.8 Å². The second kappa shape index (κ2) is 4.50. The average Bonchev–Trinajstić information content (AvgIpc) is 2.76. The Balaban J connectivity index is 2.40. The van der Waals surface area contributed by atoms with Gasteiger partial charge in [-0.15, -0.1) is 0 Å². The number of nitrogens with zero attached hydrogens (tertiary/aromatic N) is 4. The topological polar surface area (TPSA) is 98.7 Å². The smallest absolute Gasteiger partial charge is 0.271 e. The van der Waals surface area contributed by atoms with Crippen LogP contribution in [0.1, 0.15) is 10.5 Å². The molecule has 88 valence electrons. The van der Waals surface area contributed by atoms with Crippen molar-refractivity contribution >= 4 is 27.7 Å². The predicted octanol–water partition coefficient (Wildman–Crippen LogP) is 0.367. The minimum atomic E-state index is -0.272. The van der Waals surface area contributed by atoms with Crippen LogP contribution in [0, 0.1) is 0 Å². The molecule has 0 spiro atoms. The van der Waals surface area contributed by atoms with Gasteiger partial charge in [-0.2, -0.15) is 10.1 Å². The van der Waals surface area contributed by atoms with Gasteiger partial charge in [0.05, 0.1) is 0 Å². The molecule has 0 atom stereocenters. The summed E-state index contributed by atoms with van der Waals surface area (Å²) in [6, 6.07) is 3.14. The first-order chi connectivity index (χ1) is 8.10. The summed E-state index contributed by atoms with van der Waals surface area (Å²) in [5.41, 5.74) is 5.87. The van der Waals surface area contributed by atoms with Gasteiger partial charge in [0.25, 0.3) is 11.9 Å². The van der Waals surface area contributed by atoms with Crippen LogP contribution >= 0.6 is 15.9 Å². The van der Waals surface area contributed by atoms with Crippen molar-refractivity contribution in [2.24, 2.45) is 0 Å². The predicted molar refractivity (Wildman–Crippen MR) is 64.7 cm³/mol. The number of aromatic nitrogens is 4. The van der Waals surface area contributed by atoms with E-state index in [9.17, 15) is 4.79 Å². The molecule has 0 bridgehead atoms. The lowest BCUT2D eigenvalue weighted by Crippen LogP contribution is -2.18. The lowest BCUT2D eigenvalue weighted by Gasteiger charge is -2.01. The Hall–Kier alpha value is -1.96. The van der Waals surface area contributed by atoms with E-state index >= 15 is 0 Å². The highest BCUT2D eigenvalue weighted by Crippen LogP contribution is 2.12. The van der Waals surface area contributed by atoms with Gasteiger partial charge in [0.1, 0.15) is 10.4 Å². The molecule has 0 aliphatic heterocycles. The molecule has 0 aliphatic rings. The molecular formula is C9H9BrN6O. The lowest BCUT2D eigenvalue weighted by molar-refractivity contribution is 0.0957. The maximum absolute atomic E-state index is 11.3. The SMILES string of the molecule is CNC(=O)c1ccn(-c2nc(N)cc(Br)n2)n1. The van der Waals surface area contributed by atoms with Crippen LogP contribution in [0.5, 0.6) is 0 Å². The summed E-state index contributed by atoms with van der Waals surface area (Å²) in [6.45, 7) is 0. The maximum atomic E-state index is 11.3. The van der Waals surface area contributed by atoms with Crippen LogP contribution in [-0.4, -0.2) is 32.7 Å². The van der Waals surface area contributed by atoms with Gasteiger partial charge in [-0.25, -0.2) is 9.67 Å². The molecule has 2 rings (SSSR count). The Kier molecular flexibility index (Phi) is 3.05. The first-order valence-electron chi connectivity index (χ1n) is 4.68. The van der Waals surface area contributed by atoms with E-state index < -0.39 is 0 Å². The van der Waals surface area contributed by atoms with Crippen molar-refractivity contribution in [1.82, 2.24) is 25.1 Å². The molecule has 0 aliphatic carbocycles. The van der Waals surface area contributed by atoms with Gasteiger partial charge < -0.3 is 11.1 Å². The minimum absolute atomic E-state index is 0.272. The molecule has 7 nitrogen and oxygen atoms in total. The quantitative estimate of drug-likeness (QED) is 0.780. The summed E-state index contributed by atoms with van der Waals surface area (Å²) in [5, 5.41) is 6.52. The van der Waals surface area contributed by atoms with E-state index in [-0.39, 0.29) is 11.6 Å². The third kappa shape index (κ3) is 2.41. The Morgan fingerprint density at radius 1 is 1.53 bits per heavy atom. The van der Waals surface area contributed by atoms with Crippen molar-refractivity contribution in [3.05, 3.63) is 28.6 Å². The average molecular weight is 297 g/mol. The number of nitrogen functional groups attached to an aromatic ring is 1. The van der Waals surface area contributed by atoms with E-state index in [2.05, 4.69) is 36.3 Å². The molecule has 0 saturated carbocycles. The van der Waals surface area contributed by atoms with Gasteiger partial charge in [0.15, 0.2) is 5.69 Å². The molecule has 17 heavy (non-hydrogen) atoms. The van der Waals surface area contributed by atoms with Crippen LogP contribution in [0.3, 0.4) is 0 Å². The summed E-state index contributed by atoms with van der Waals surface area (Å²) in [5.74, 6) is 0.345. The number of carbonyl (C=O) groups is 1. The highest BCUT2D eigenvalue weighted by molar-refractivity contribution is 9.10. The summed E-state index contributed by atoms with van der Waals surface area (Å²) in [4.78, 5) is 19.4. The van der Waals surface area contributed by atoms with Gasteiger partial charge in [-0.3, -0.25) is 4.79 Å². The molecule has 2 aromatic rings. The van der Waals surface area contributed by atoms with Crippen molar-refractivity contribution in [2.45, 2.75) is 0 Å². The lowest BCUT2D eigenvalue weighted by atomic mass is 10.4. The molecule has 0 unspecified atom stereocenters. The number of amides is 1. The fourth-order valence-corrected chi connectivity index (χ4v) is 1.60. The standard InChI is InChI=1S/C9H9BrN6O/c1-12-8(17)5-2-3-16(15-5)9-13-6(10)4-7(11)14-9/h2-4H,1H3,(H,12,17)(H2,11,13,14). The fourth-order valence-electron chi connectivity index (χ4n) is 1.21. The Labute approximate surface area is 105 Å². The van der Waals surface area contributed by atoms with Crippen LogP contribution in [0.2, 0.25) is 0 Å². The molecule has 3 N–H and O–H groups in total. The number of nitrogens with one attached hydrogen (secondary N) is 1. The molecule has 0 aromatic carbocycles. The van der Waals surface area contributed by atoms with Gasteiger partial charge in [0, 0.05) is 19.3 Å². The monoisotopic (exact) mass is 296 g/mol. The number of halogens is 1. The molecule has 0 fully saturated rings. The normalized spacial score (nSPS) is 10.2. The van der Waals surface area contributed by atoms with Gasteiger partial charge in [-0.1, -0.05) is 0 Å². The molecule has 8 heteroatoms. The van der Waals surface area contributed by atoms with Crippen LogP contribution in [0.25, 0.3) is 5.95 Å². The van der Waals surface area contributed by atoms with Crippen LogP contribution in [0.4, 0.5) is 5.82 Å². The Morgan fingerprint density at radius 3 is 2.94 bits per heavy atom. The number of nitrogens with two attached hydrogens (primary N) is 1. The zero-order chi connectivity index (χ0) is 12.4. The van der Waals surface area contributed by atoms with E-state index in [0.717, 1.165) is 0 Å². The van der Waals surface area contributed by atoms with Crippen molar-refractivity contribution in [1.29, 1.82) is 0 Å². The number of anilines is 1. The van der Waals surface area contributed by atoms with Crippen LogP contribution in [0.15, 0.2) is 22.9 Å². The van der Waals surface area contributed by atoms with Crippen molar-refractivity contribution < 1.29 is 4.79 Å². The molecule has 1 amide bonds. The zero-order valence-electron chi connectivity index (χ0n) is 8.88. The largest absolute Gasteiger partial charge is 0.383 e. The molecule has 2 aromatic heterocycles. The highest BCUT2D eigenvalue weighted by Gasteiger charge is 2.10. The van der Waals surface area contributed by atoms with Crippen LogP contribution in [-0.2, 0) is 0 Å². The number of rotatable bonds is 2. The molecular weight excluding hydrogens is 288 g/mol. The van der Waals surface area contributed by atoms with E-state index in [0.29, 0.717) is 16.4 Å². The third-order valence-corrected chi connectivity index (χ3v) is 2.36. The highest BCUT2D eigenvalue weighted by atomic mass is 79.9. The number of hydrogen-bond donors (Lipinski definition) is 2. The maximum Gasteiger partial charge on any atom is 0.271 e. The van der Waals surface area contributed by atoms with Gasteiger partial charge in [0.2, 0.25) is 0 Å². The van der Waals surface area contributed by atoms with E-state index in [1.807, 2.05) is 0 Å². The van der Waals surface area contributed by atoms with Crippen LogP contribution < -0.4 is 11.1 Å². The number of carbonyl (C=O) groups excluding carboxylic acids is 1. The summed E-state index contributed by atoms with van der Waals surface area (Å²) >= 11 is 3.21. The first kappa shape index (κ1) is 11.5. The fraction of sp³-hybridized carbons (Fsp3) is 0.111. The number of hydrogen-bond acceptors (Lipinski definition) is 5. The third-order valence-electron chi connectivity index (χ3n) is 1.96. The zero-order valence-corrected chi connectivity index (χ0v) is 10.5. The van der Waals surface area contributed by atoms with E-state index in [4.69, 9.17) is 5.73 Å².